The first-order chi connectivity index (χ1) is 17.2. The predicted octanol–water partition coefficient (Wildman–Crippen LogP) is 7.37. The van der Waals surface area contributed by atoms with Crippen LogP contribution in [0.2, 0.25) is 0 Å². The molecule has 0 bridgehead atoms. The van der Waals surface area contributed by atoms with Gasteiger partial charge >= 0.3 is 0 Å². The molecule has 1 aromatic carbocycles. The van der Waals surface area contributed by atoms with Crippen molar-refractivity contribution < 1.29 is 20.1 Å². The van der Waals surface area contributed by atoms with Crippen LogP contribution in [0.25, 0.3) is 0 Å². The summed E-state index contributed by atoms with van der Waals surface area (Å²) >= 11 is 1.72. The second kappa shape index (κ2) is 8.52. The molecular weight excluding hydrogens is 480 g/mol. The van der Waals surface area contributed by atoms with Gasteiger partial charge in [0, 0.05) is 21.8 Å². The summed E-state index contributed by atoms with van der Waals surface area (Å²) in [5.41, 5.74) is 4.31. The Morgan fingerprint density at radius 2 is 1.70 bits per heavy atom. The SMILES string of the molecule is CC(=O)[C@]1(C)CC[C@]2(C)CC[C@]3(C)C4=CC(SCCO)c5c(cc(O)c(O)c5C)[C@]4(C)CC[C@@]3(C)[C@@H]2C1. The van der Waals surface area contributed by atoms with Crippen LogP contribution in [0.4, 0.5) is 0 Å². The Labute approximate surface area is 227 Å². The van der Waals surface area contributed by atoms with Crippen LogP contribution in [0.3, 0.4) is 0 Å². The van der Waals surface area contributed by atoms with E-state index in [1.165, 1.54) is 12.0 Å². The standard InChI is InChI=1S/C32H46O4S/c1-19-26-21(16-22(35)27(19)36)30(5)11-13-32(7)25-18-29(4,20(2)34)9-8-28(25,3)10-12-31(32,6)24(30)17-23(26)37-15-14-33/h16-17,23,25,33,35-36H,8-15,18H2,1-7H3/t23?,25-,28-,29-,30+,31-,32+/m1/s1. The molecule has 7 atom stereocenters. The quantitative estimate of drug-likeness (QED) is 0.282. The molecule has 4 nitrogen and oxygen atoms in total. The van der Waals surface area contributed by atoms with Crippen molar-refractivity contribution in [2.75, 3.05) is 12.4 Å². The Morgan fingerprint density at radius 1 is 1.03 bits per heavy atom. The number of ketones is 1. The Morgan fingerprint density at radius 3 is 2.35 bits per heavy atom. The molecule has 0 aromatic heterocycles. The van der Waals surface area contributed by atoms with Gasteiger partial charge in [0.25, 0.3) is 0 Å². The number of carbonyl (C=O) groups is 1. The third-order valence-corrected chi connectivity index (χ3v) is 13.5. The minimum Gasteiger partial charge on any atom is -0.504 e. The van der Waals surface area contributed by atoms with Crippen LogP contribution in [0, 0.1) is 34.5 Å². The lowest BCUT2D eigenvalue weighted by atomic mass is 9.34. The van der Waals surface area contributed by atoms with Gasteiger partial charge in [0.15, 0.2) is 11.5 Å². The van der Waals surface area contributed by atoms with E-state index in [2.05, 4.69) is 40.7 Å². The number of aliphatic hydroxyl groups is 1. The van der Waals surface area contributed by atoms with Crippen molar-refractivity contribution in [3.8, 4) is 11.5 Å². The van der Waals surface area contributed by atoms with Gasteiger partial charge in [0.05, 0.1) is 6.61 Å². The van der Waals surface area contributed by atoms with Crippen LogP contribution in [-0.2, 0) is 10.2 Å². The lowest BCUT2D eigenvalue weighted by Crippen LogP contribution is -2.62. The van der Waals surface area contributed by atoms with Crippen molar-refractivity contribution in [3.63, 3.8) is 0 Å². The van der Waals surface area contributed by atoms with E-state index in [4.69, 9.17) is 0 Å². The number of Topliss-reactive ketones (excluding diaryl/α,β-unsaturated/α-hetero) is 1. The molecule has 4 aliphatic rings. The van der Waals surface area contributed by atoms with E-state index in [1.807, 2.05) is 13.0 Å². The van der Waals surface area contributed by atoms with Gasteiger partial charge < -0.3 is 15.3 Å². The molecule has 1 aromatic rings. The van der Waals surface area contributed by atoms with Crippen molar-refractivity contribution >= 4 is 17.5 Å². The van der Waals surface area contributed by atoms with Crippen LogP contribution in [-0.4, -0.2) is 33.5 Å². The van der Waals surface area contributed by atoms with Gasteiger partial charge in [-0.05, 0) is 104 Å². The smallest absolute Gasteiger partial charge is 0.160 e. The number of thioether (sulfide) groups is 1. The maximum atomic E-state index is 12.8. The molecule has 4 aliphatic carbocycles. The highest BCUT2D eigenvalue weighted by molar-refractivity contribution is 7.99. The van der Waals surface area contributed by atoms with Gasteiger partial charge in [-0.15, -0.1) is 11.8 Å². The first kappa shape index (κ1) is 27.1. The third-order valence-electron chi connectivity index (χ3n) is 12.3. The summed E-state index contributed by atoms with van der Waals surface area (Å²) in [6.07, 6.45) is 9.94. The number of allylic oxidation sites excluding steroid dienone is 1. The molecule has 0 heterocycles. The maximum absolute atomic E-state index is 12.8. The van der Waals surface area contributed by atoms with Crippen LogP contribution in [0.15, 0.2) is 17.7 Å². The summed E-state index contributed by atoms with van der Waals surface area (Å²) in [5.74, 6) is 1.37. The van der Waals surface area contributed by atoms with Crippen LogP contribution in [0.1, 0.15) is 108 Å². The number of aromatic hydroxyl groups is 2. The molecule has 0 amide bonds. The Bertz CT molecular complexity index is 1170. The van der Waals surface area contributed by atoms with Gasteiger partial charge in [0.2, 0.25) is 0 Å². The largest absolute Gasteiger partial charge is 0.504 e. The van der Waals surface area contributed by atoms with Crippen LogP contribution < -0.4 is 0 Å². The average molecular weight is 527 g/mol. The lowest BCUT2D eigenvalue weighted by Gasteiger charge is -2.70. The van der Waals surface area contributed by atoms with Gasteiger partial charge in [0.1, 0.15) is 5.78 Å². The number of phenolic OH excluding ortho intramolecular Hbond substituents is 2. The molecular formula is C32H46O4S. The number of rotatable bonds is 4. The molecule has 3 N–H and O–H groups in total. The van der Waals surface area contributed by atoms with E-state index in [1.54, 1.807) is 18.7 Å². The number of phenols is 2. The topological polar surface area (TPSA) is 77.8 Å². The van der Waals surface area contributed by atoms with Crippen molar-refractivity contribution in [1.82, 2.24) is 0 Å². The van der Waals surface area contributed by atoms with E-state index >= 15 is 0 Å². The Hall–Kier alpha value is -1.46. The number of benzene rings is 1. The highest BCUT2D eigenvalue weighted by Crippen LogP contribution is 2.75. The van der Waals surface area contributed by atoms with Crippen molar-refractivity contribution in [2.24, 2.45) is 27.6 Å². The molecule has 3 saturated carbocycles. The summed E-state index contributed by atoms with van der Waals surface area (Å²) in [7, 11) is 0. The molecule has 3 fully saturated rings. The lowest BCUT2D eigenvalue weighted by molar-refractivity contribution is -0.165. The van der Waals surface area contributed by atoms with Gasteiger partial charge in [-0.3, -0.25) is 4.79 Å². The molecule has 0 saturated heterocycles. The van der Waals surface area contributed by atoms with E-state index in [0.717, 1.165) is 55.2 Å². The van der Waals surface area contributed by atoms with Gasteiger partial charge in [-0.1, -0.05) is 46.3 Å². The number of carbonyl (C=O) groups excluding carboxylic acids is 1. The maximum Gasteiger partial charge on any atom is 0.160 e. The number of aliphatic hydroxyl groups excluding tert-OH is 1. The fourth-order valence-corrected chi connectivity index (χ4v) is 10.4. The van der Waals surface area contributed by atoms with Gasteiger partial charge in [-0.25, -0.2) is 0 Å². The summed E-state index contributed by atoms with van der Waals surface area (Å²) < 4.78 is 0. The molecule has 1 unspecified atom stereocenters. The highest BCUT2D eigenvalue weighted by atomic mass is 32.2. The molecule has 0 spiro atoms. The van der Waals surface area contributed by atoms with E-state index < -0.39 is 0 Å². The average Bonchev–Trinajstić information content (AvgIpc) is 2.84. The second-order valence-electron chi connectivity index (χ2n) is 14.0. The van der Waals surface area contributed by atoms with E-state index in [-0.39, 0.29) is 50.4 Å². The fraction of sp³-hybridized carbons (Fsp3) is 0.719. The first-order valence-corrected chi connectivity index (χ1v) is 15.2. The zero-order valence-electron chi connectivity index (χ0n) is 23.8. The third kappa shape index (κ3) is 3.55. The zero-order chi connectivity index (χ0) is 27.2. The summed E-state index contributed by atoms with van der Waals surface area (Å²) in [6, 6.07) is 1.82. The summed E-state index contributed by atoms with van der Waals surface area (Å²) in [6.45, 7) is 15.9. The van der Waals surface area contributed by atoms with E-state index in [9.17, 15) is 20.1 Å². The second-order valence-corrected chi connectivity index (χ2v) is 15.3. The first-order valence-electron chi connectivity index (χ1n) is 14.2. The van der Waals surface area contributed by atoms with Crippen LogP contribution >= 0.6 is 11.8 Å². The number of hydrogen-bond acceptors (Lipinski definition) is 5. The predicted molar refractivity (Wildman–Crippen MR) is 151 cm³/mol. The van der Waals surface area contributed by atoms with Crippen molar-refractivity contribution in [2.45, 2.75) is 104 Å². The monoisotopic (exact) mass is 526 g/mol. The number of fused-ring (bicyclic) bond motifs is 7. The molecule has 0 aliphatic heterocycles. The van der Waals surface area contributed by atoms with E-state index in [0.29, 0.717) is 17.5 Å². The Kier molecular flexibility index (Phi) is 6.24. The highest BCUT2D eigenvalue weighted by Gasteiger charge is 2.67. The molecule has 37 heavy (non-hydrogen) atoms. The summed E-state index contributed by atoms with van der Waals surface area (Å²) in [4.78, 5) is 12.8. The Balaban J connectivity index is 1.68. The van der Waals surface area contributed by atoms with Gasteiger partial charge in [-0.2, -0.15) is 0 Å². The normalized spacial score (nSPS) is 42.6. The van der Waals surface area contributed by atoms with Crippen molar-refractivity contribution in [3.05, 3.63) is 34.4 Å². The molecule has 5 heteroatoms. The van der Waals surface area contributed by atoms with Crippen molar-refractivity contribution in [1.29, 1.82) is 0 Å². The molecule has 0 radical (unpaired) electrons. The molecule has 204 valence electrons. The fourth-order valence-electron chi connectivity index (χ4n) is 9.32. The van der Waals surface area contributed by atoms with Crippen LogP contribution in [0.5, 0.6) is 11.5 Å². The summed E-state index contributed by atoms with van der Waals surface area (Å²) in [5, 5.41) is 31.1. The minimum absolute atomic E-state index is 0.0260. The molecule has 5 rings (SSSR count). The minimum atomic E-state index is -0.236. The number of hydrogen-bond donors (Lipinski definition) is 3. The zero-order valence-corrected chi connectivity index (χ0v) is 24.6.